The van der Waals surface area contributed by atoms with Crippen LogP contribution in [0.3, 0.4) is 0 Å². The smallest absolute Gasteiger partial charge is 0.328 e. The fraction of sp³-hybridized carbons (Fsp3) is 0.472. The number of aryl methyl sites for hydroxylation is 2. The molecule has 0 spiro atoms. The Hall–Kier alpha value is -4.76. The number of hydrogen-bond acceptors (Lipinski definition) is 10. The number of amides is 4. The number of hydrogen-bond donors (Lipinski definition) is 2. The molecule has 1 aromatic carbocycles. The number of carbonyl (C=O) groups excluding carboxylic acids is 3. The predicted octanol–water partition coefficient (Wildman–Crippen LogP) is 4.05. The van der Waals surface area contributed by atoms with E-state index < -0.39 is 57.7 Å². The lowest BCUT2D eigenvalue weighted by atomic mass is 10.00. The van der Waals surface area contributed by atoms with E-state index in [1.54, 1.807) is 19.4 Å². The predicted molar refractivity (Wildman–Crippen MR) is 193 cm³/mol. The van der Waals surface area contributed by atoms with Crippen molar-refractivity contribution < 1.29 is 32.3 Å². The number of anilines is 1. The molecule has 1 saturated heterocycles. The molecule has 1 aliphatic carbocycles. The quantitative estimate of drug-likeness (QED) is 0.261. The Bertz CT molecular complexity index is 1930. The second kappa shape index (κ2) is 14.5. The second-order valence-electron chi connectivity index (χ2n) is 13.9. The highest BCUT2D eigenvalue weighted by molar-refractivity contribution is 7.87. The summed E-state index contributed by atoms with van der Waals surface area (Å²) in [4.78, 5) is 55.2. The first-order valence-corrected chi connectivity index (χ1v) is 18.3. The number of aromatic nitrogens is 2. The van der Waals surface area contributed by atoms with E-state index >= 15 is 0 Å². The summed E-state index contributed by atoms with van der Waals surface area (Å²) in [5, 5.41) is 4.84. The van der Waals surface area contributed by atoms with Crippen molar-refractivity contribution in [3.05, 3.63) is 66.5 Å². The van der Waals surface area contributed by atoms with Crippen LogP contribution in [0.1, 0.15) is 44.9 Å². The zero-order chi connectivity index (χ0) is 37.4. The molecule has 15 heteroatoms. The Morgan fingerprint density at radius 2 is 1.86 bits per heavy atom. The van der Waals surface area contributed by atoms with Crippen molar-refractivity contribution in [3.8, 4) is 11.6 Å². The molecule has 2 fully saturated rings. The third kappa shape index (κ3) is 7.49. The lowest BCUT2D eigenvalue weighted by molar-refractivity contribution is -0.140. The minimum Gasteiger partial charge on any atom is -0.497 e. The molecule has 5 atom stereocenters. The van der Waals surface area contributed by atoms with Gasteiger partial charge in [0, 0.05) is 49.8 Å². The van der Waals surface area contributed by atoms with Gasteiger partial charge in [0.25, 0.3) is 11.8 Å². The molecular weight excluding hydrogens is 675 g/mol. The van der Waals surface area contributed by atoms with E-state index in [-0.39, 0.29) is 18.9 Å². The van der Waals surface area contributed by atoms with E-state index in [2.05, 4.69) is 26.6 Å². The molecular formula is C36H47N7O7S. The normalized spacial score (nSPS) is 22.1. The maximum atomic E-state index is 14.8. The molecule has 274 valence electrons. The zero-order valence-corrected chi connectivity index (χ0v) is 31.2. The van der Waals surface area contributed by atoms with E-state index in [9.17, 15) is 22.8 Å². The van der Waals surface area contributed by atoms with Crippen molar-refractivity contribution in [2.75, 3.05) is 33.1 Å². The van der Waals surface area contributed by atoms with Crippen molar-refractivity contribution >= 4 is 44.6 Å². The molecule has 5 rings (SSSR count). The number of imide groups is 1. The molecule has 2 unspecified atom stereocenters. The number of ether oxygens (including phenoxy) is 2. The maximum Gasteiger partial charge on any atom is 0.328 e. The summed E-state index contributed by atoms with van der Waals surface area (Å²) in [6.45, 7) is 13.1. The molecule has 1 saturated carbocycles. The zero-order valence-electron chi connectivity index (χ0n) is 30.3. The van der Waals surface area contributed by atoms with Gasteiger partial charge in [-0.1, -0.05) is 19.9 Å². The number of fused-ring (bicyclic) bond motifs is 1. The van der Waals surface area contributed by atoms with Gasteiger partial charge in [0.2, 0.25) is 5.88 Å². The summed E-state index contributed by atoms with van der Waals surface area (Å²) in [5.74, 6) is -1.25. The van der Waals surface area contributed by atoms with Gasteiger partial charge in [0.1, 0.15) is 29.3 Å². The lowest BCUT2D eigenvalue weighted by Gasteiger charge is -2.38. The number of rotatable bonds is 12. The van der Waals surface area contributed by atoms with Crippen molar-refractivity contribution in [3.63, 3.8) is 0 Å². The number of benzene rings is 1. The van der Waals surface area contributed by atoms with Gasteiger partial charge in [0.15, 0.2) is 0 Å². The van der Waals surface area contributed by atoms with Gasteiger partial charge in [-0.25, -0.2) is 24.4 Å². The van der Waals surface area contributed by atoms with Gasteiger partial charge in [0.05, 0.1) is 13.7 Å². The van der Waals surface area contributed by atoms with Gasteiger partial charge in [-0.3, -0.25) is 9.59 Å². The number of pyridine rings is 2. The summed E-state index contributed by atoms with van der Waals surface area (Å²) >= 11 is 0. The highest BCUT2D eigenvalue weighted by atomic mass is 32.2. The lowest BCUT2D eigenvalue weighted by Crippen LogP contribution is -2.63. The van der Waals surface area contributed by atoms with Crippen LogP contribution < -0.4 is 19.5 Å². The third-order valence-electron chi connectivity index (χ3n) is 9.50. The monoisotopic (exact) mass is 721 g/mol. The minimum atomic E-state index is -4.27. The molecule has 2 aliphatic rings. The average Bonchev–Trinajstić information content (AvgIpc) is 3.68. The highest BCUT2D eigenvalue weighted by Crippen LogP contribution is 2.51. The summed E-state index contributed by atoms with van der Waals surface area (Å²) in [6.07, 6.45) is 3.03. The molecule has 51 heavy (non-hydrogen) atoms. The van der Waals surface area contributed by atoms with Crippen molar-refractivity contribution in [2.24, 2.45) is 11.8 Å². The minimum absolute atomic E-state index is 0.000910. The van der Waals surface area contributed by atoms with Crippen LogP contribution in [-0.4, -0.2) is 102 Å². The first kappa shape index (κ1) is 37.5. The van der Waals surface area contributed by atoms with E-state index in [0.29, 0.717) is 23.9 Å². The third-order valence-corrected chi connectivity index (χ3v) is 10.9. The highest BCUT2D eigenvalue weighted by Gasteiger charge is 2.68. The molecule has 1 aliphatic heterocycles. The van der Waals surface area contributed by atoms with Crippen LogP contribution in [0.15, 0.2) is 55.3 Å². The van der Waals surface area contributed by atoms with Gasteiger partial charge >= 0.3 is 16.2 Å². The van der Waals surface area contributed by atoms with Crippen LogP contribution in [0.2, 0.25) is 0 Å². The van der Waals surface area contributed by atoms with Gasteiger partial charge in [-0.2, -0.15) is 12.7 Å². The van der Waals surface area contributed by atoms with Crippen LogP contribution >= 0.6 is 0 Å². The summed E-state index contributed by atoms with van der Waals surface area (Å²) in [6, 6.07) is 8.92. The van der Waals surface area contributed by atoms with E-state index in [1.165, 1.54) is 25.1 Å². The van der Waals surface area contributed by atoms with Crippen LogP contribution in [0.5, 0.6) is 11.6 Å². The first-order valence-electron chi connectivity index (χ1n) is 16.9. The number of urea groups is 1. The number of nitrogens with one attached hydrogen (secondary N) is 2. The Kier molecular flexibility index (Phi) is 10.6. The Labute approximate surface area is 299 Å². The van der Waals surface area contributed by atoms with Crippen LogP contribution in [-0.2, 0) is 19.8 Å². The molecule has 4 amide bonds. The fourth-order valence-corrected chi connectivity index (χ4v) is 7.22. The van der Waals surface area contributed by atoms with E-state index in [0.717, 1.165) is 31.2 Å². The number of methoxy groups -OCH3 is 1. The van der Waals surface area contributed by atoms with E-state index in [1.807, 2.05) is 65.0 Å². The molecule has 2 N–H and O–H groups in total. The van der Waals surface area contributed by atoms with E-state index in [4.69, 9.17) is 9.47 Å². The summed E-state index contributed by atoms with van der Waals surface area (Å²) < 4.78 is 40.5. The van der Waals surface area contributed by atoms with Crippen LogP contribution in [0.25, 0.3) is 10.8 Å². The first-order chi connectivity index (χ1) is 24.0. The SMILES string of the molecule is C=C[C@@H]1C[C@@]1(C(=O)NS(=O)(=O)N(C)C)N(C(=O)C(Nc1cc(C)cc(C)n1)C(C)C)C(=O)N1C[C@H](Oc2nccc3cc(OC)ccc23)CC1C. The van der Waals surface area contributed by atoms with Gasteiger partial charge in [-0.05, 0) is 80.5 Å². The van der Waals surface area contributed by atoms with Crippen molar-refractivity contribution in [1.82, 2.24) is 28.8 Å². The molecule has 0 bridgehead atoms. The maximum absolute atomic E-state index is 14.8. The van der Waals surface area contributed by atoms with Crippen molar-refractivity contribution in [1.29, 1.82) is 0 Å². The van der Waals surface area contributed by atoms with Crippen molar-refractivity contribution in [2.45, 2.75) is 71.2 Å². The Morgan fingerprint density at radius 3 is 2.47 bits per heavy atom. The van der Waals surface area contributed by atoms with Gasteiger partial charge < -0.3 is 19.7 Å². The number of carbonyl (C=O) groups is 3. The summed E-state index contributed by atoms with van der Waals surface area (Å²) in [7, 11) is -0.131. The molecule has 0 radical (unpaired) electrons. The molecule has 14 nitrogen and oxygen atoms in total. The van der Waals surface area contributed by atoms with Crippen LogP contribution in [0.4, 0.5) is 10.6 Å². The second-order valence-corrected chi connectivity index (χ2v) is 15.7. The molecule has 3 aromatic rings. The molecule has 2 aromatic heterocycles. The van der Waals surface area contributed by atoms with Crippen LogP contribution in [0, 0.1) is 25.7 Å². The number of likely N-dealkylation sites (tertiary alicyclic amines) is 1. The fourth-order valence-electron chi connectivity index (χ4n) is 6.63. The standard InChI is InChI=1S/C36H47N7O7S/c1-10-26-19-36(26,34(45)40-51(47,48)41(7)8)43(33(44)31(21(2)3)39-30-16-22(4)15-23(5)38-30)35(46)42-20-28(17-24(42)6)50-32-29-12-11-27(49-9)18-25(29)13-14-37-32/h10-16,18,21,24,26,28,31H,1,17,19-20H2,2-9H3,(H,38,39)(H,40,45)/t24?,26-,28-,31?,36-/m1/s1. The Balaban J connectivity index is 1.51. The number of nitrogens with zero attached hydrogens (tertiary/aromatic N) is 5. The van der Waals surface area contributed by atoms with Gasteiger partial charge in [-0.15, -0.1) is 6.58 Å². The molecule has 3 heterocycles. The largest absolute Gasteiger partial charge is 0.497 e. The topological polar surface area (TPSA) is 163 Å². The Morgan fingerprint density at radius 1 is 1.14 bits per heavy atom. The average molecular weight is 722 g/mol. The summed E-state index contributed by atoms with van der Waals surface area (Å²) in [5.41, 5.74) is -0.197.